The van der Waals surface area contributed by atoms with Crippen molar-refractivity contribution in [1.29, 1.82) is 0 Å². The number of aryl methyl sites for hydroxylation is 1. The minimum absolute atomic E-state index is 0.450. The number of aromatic amines is 1. The van der Waals surface area contributed by atoms with Crippen molar-refractivity contribution in [2.45, 2.75) is 39.0 Å². The molecule has 0 amide bonds. The maximum Gasteiger partial charge on any atom is 0.242 e. The second-order valence-electron chi connectivity index (χ2n) is 4.40. The number of hydrogen-bond acceptors (Lipinski definition) is 3. The molecule has 0 aliphatic heterocycles. The topological polar surface area (TPSA) is 46.5 Å². The van der Waals surface area contributed by atoms with Crippen LogP contribution in [0.1, 0.15) is 38.2 Å². The molecule has 1 aromatic carbocycles. The van der Waals surface area contributed by atoms with Crippen LogP contribution in [-0.2, 0) is 6.42 Å². The Morgan fingerprint density at radius 1 is 1.17 bits per heavy atom. The van der Waals surface area contributed by atoms with Crippen LogP contribution in [0.3, 0.4) is 0 Å². The Morgan fingerprint density at radius 2 is 1.94 bits per heavy atom. The molecule has 0 bridgehead atoms. The number of tetrazole rings is 1. The Balaban J connectivity index is 1.98. The fraction of sp³-hybridized carbons (Fsp3) is 0.462. The average molecular weight is 262 g/mol. The van der Waals surface area contributed by atoms with Crippen LogP contribution in [0.4, 0.5) is 0 Å². The largest absolute Gasteiger partial charge is 0.242 e. The van der Waals surface area contributed by atoms with E-state index >= 15 is 0 Å². The highest BCUT2D eigenvalue weighted by atomic mass is 32.1. The van der Waals surface area contributed by atoms with E-state index in [1.165, 1.54) is 31.2 Å². The summed E-state index contributed by atoms with van der Waals surface area (Å²) in [6, 6.07) is 8.38. The zero-order valence-corrected chi connectivity index (χ0v) is 11.4. The van der Waals surface area contributed by atoms with Gasteiger partial charge in [0.2, 0.25) is 4.77 Å². The molecule has 2 rings (SSSR count). The van der Waals surface area contributed by atoms with Gasteiger partial charge in [-0.3, -0.25) is 0 Å². The quantitative estimate of drug-likeness (QED) is 0.640. The second kappa shape index (κ2) is 6.44. The van der Waals surface area contributed by atoms with E-state index in [2.05, 4.69) is 34.6 Å². The maximum atomic E-state index is 5.06. The number of benzene rings is 1. The van der Waals surface area contributed by atoms with Gasteiger partial charge in [-0.2, -0.15) is 5.21 Å². The lowest BCUT2D eigenvalue weighted by Crippen LogP contribution is -1.97. The van der Waals surface area contributed by atoms with Gasteiger partial charge in [-0.05, 0) is 42.8 Å². The summed E-state index contributed by atoms with van der Waals surface area (Å²) < 4.78 is 2.14. The lowest BCUT2D eigenvalue weighted by Gasteiger charge is -2.04. The molecule has 1 N–H and O–H groups in total. The molecule has 0 saturated carbocycles. The van der Waals surface area contributed by atoms with Gasteiger partial charge in [-0.15, -0.1) is 0 Å². The van der Waals surface area contributed by atoms with Gasteiger partial charge < -0.3 is 0 Å². The predicted octanol–water partition coefficient (Wildman–Crippen LogP) is 3.45. The molecule has 0 aliphatic rings. The summed E-state index contributed by atoms with van der Waals surface area (Å²) in [6.45, 7) is 2.23. The fourth-order valence-corrected chi connectivity index (χ4v) is 2.12. The molecule has 0 spiro atoms. The smallest absolute Gasteiger partial charge is 0.210 e. The zero-order chi connectivity index (χ0) is 12.8. The molecule has 0 atom stereocenters. The summed E-state index contributed by atoms with van der Waals surface area (Å²) in [4.78, 5) is 0. The van der Waals surface area contributed by atoms with Gasteiger partial charge in [0.1, 0.15) is 0 Å². The van der Waals surface area contributed by atoms with E-state index in [4.69, 9.17) is 12.2 Å². The van der Waals surface area contributed by atoms with Crippen molar-refractivity contribution >= 4 is 12.2 Å². The molecule has 1 heterocycles. The molecule has 0 aliphatic carbocycles. The molecule has 5 heteroatoms. The normalized spacial score (nSPS) is 10.7. The van der Waals surface area contributed by atoms with Crippen molar-refractivity contribution < 1.29 is 0 Å². The second-order valence-corrected chi connectivity index (χ2v) is 4.76. The van der Waals surface area contributed by atoms with Gasteiger partial charge in [0.05, 0.1) is 5.69 Å². The van der Waals surface area contributed by atoms with E-state index in [0.717, 1.165) is 12.1 Å². The molecule has 96 valence electrons. The number of hydrogen-bond donors (Lipinski definition) is 1. The van der Waals surface area contributed by atoms with Gasteiger partial charge in [0.25, 0.3) is 0 Å². The molecule has 0 saturated heterocycles. The number of aromatic nitrogens is 4. The maximum absolute atomic E-state index is 5.06. The average Bonchev–Trinajstić information content (AvgIpc) is 2.82. The molecule has 4 nitrogen and oxygen atoms in total. The highest BCUT2D eigenvalue weighted by Gasteiger charge is 2.00. The van der Waals surface area contributed by atoms with Crippen molar-refractivity contribution in [3.05, 3.63) is 34.6 Å². The van der Waals surface area contributed by atoms with Crippen LogP contribution in [0.25, 0.3) is 5.69 Å². The number of unbranched alkanes of at least 4 members (excludes halogenated alkanes) is 3. The number of rotatable bonds is 6. The van der Waals surface area contributed by atoms with Gasteiger partial charge in [0, 0.05) is 0 Å². The standard InChI is InChI=1S/C13H18N4S/c1-2-3-4-5-6-11-7-9-12(10-8-11)17-13(18)14-15-16-17/h7-10H,2-6H2,1H3,(H,14,16,18). The predicted molar refractivity (Wildman–Crippen MR) is 74.4 cm³/mol. The third-order valence-corrected chi connectivity index (χ3v) is 3.25. The van der Waals surface area contributed by atoms with Gasteiger partial charge >= 0.3 is 0 Å². The first-order valence-electron chi connectivity index (χ1n) is 6.40. The first kappa shape index (κ1) is 13.0. The van der Waals surface area contributed by atoms with Crippen LogP contribution in [0.15, 0.2) is 24.3 Å². The Morgan fingerprint density at radius 3 is 2.56 bits per heavy atom. The molecule has 2 aromatic rings. The van der Waals surface area contributed by atoms with Crippen LogP contribution in [0, 0.1) is 4.77 Å². The van der Waals surface area contributed by atoms with Crippen molar-refractivity contribution in [3.8, 4) is 5.69 Å². The lowest BCUT2D eigenvalue weighted by molar-refractivity contribution is 0.666. The minimum atomic E-state index is 0.450. The van der Waals surface area contributed by atoms with Crippen LogP contribution in [0.5, 0.6) is 0 Å². The Kier molecular flexibility index (Phi) is 4.64. The number of H-pyrrole nitrogens is 1. The summed E-state index contributed by atoms with van der Waals surface area (Å²) in [6.07, 6.45) is 6.33. The van der Waals surface area contributed by atoms with Crippen molar-refractivity contribution in [3.63, 3.8) is 0 Å². The van der Waals surface area contributed by atoms with Crippen LogP contribution < -0.4 is 0 Å². The summed E-state index contributed by atoms with van der Waals surface area (Å²) in [5.41, 5.74) is 2.34. The highest BCUT2D eigenvalue weighted by molar-refractivity contribution is 7.71. The summed E-state index contributed by atoms with van der Waals surface area (Å²) in [5, 5.41) is 10.2. The number of nitrogens with zero attached hydrogens (tertiary/aromatic N) is 3. The van der Waals surface area contributed by atoms with E-state index in [1.54, 1.807) is 4.68 Å². The van der Waals surface area contributed by atoms with E-state index in [-0.39, 0.29) is 0 Å². The monoisotopic (exact) mass is 262 g/mol. The SMILES string of the molecule is CCCCCCc1ccc(-n2[nH]nnc2=S)cc1. The van der Waals surface area contributed by atoms with Crippen molar-refractivity contribution in [2.75, 3.05) is 0 Å². The Hall–Kier alpha value is -1.49. The third kappa shape index (κ3) is 3.26. The van der Waals surface area contributed by atoms with Gasteiger partial charge in [-0.25, -0.2) is 4.68 Å². The van der Waals surface area contributed by atoms with E-state index in [9.17, 15) is 0 Å². The van der Waals surface area contributed by atoms with Gasteiger partial charge in [-0.1, -0.05) is 48.6 Å². The summed E-state index contributed by atoms with van der Waals surface area (Å²) >= 11 is 5.06. The zero-order valence-electron chi connectivity index (χ0n) is 10.6. The summed E-state index contributed by atoms with van der Waals surface area (Å²) in [5.74, 6) is 0. The first-order valence-corrected chi connectivity index (χ1v) is 6.81. The van der Waals surface area contributed by atoms with Crippen molar-refractivity contribution in [1.82, 2.24) is 20.2 Å². The van der Waals surface area contributed by atoms with E-state index in [1.807, 2.05) is 12.1 Å². The minimum Gasteiger partial charge on any atom is -0.210 e. The fourth-order valence-electron chi connectivity index (χ4n) is 1.93. The van der Waals surface area contributed by atoms with E-state index < -0.39 is 0 Å². The molecule has 18 heavy (non-hydrogen) atoms. The Labute approximate surface area is 112 Å². The summed E-state index contributed by atoms with van der Waals surface area (Å²) in [7, 11) is 0. The molecular weight excluding hydrogens is 244 g/mol. The highest BCUT2D eigenvalue weighted by Crippen LogP contribution is 2.11. The number of nitrogens with one attached hydrogen (secondary N) is 1. The van der Waals surface area contributed by atoms with Crippen LogP contribution in [0.2, 0.25) is 0 Å². The van der Waals surface area contributed by atoms with Crippen molar-refractivity contribution in [2.24, 2.45) is 0 Å². The molecule has 0 unspecified atom stereocenters. The first-order chi connectivity index (χ1) is 8.81. The van der Waals surface area contributed by atoms with Crippen LogP contribution in [-0.4, -0.2) is 20.2 Å². The third-order valence-electron chi connectivity index (χ3n) is 2.99. The molecule has 1 aromatic heterocycles. The molecule has 0 radical (unpaired) electrons. The Bertz CT molecular complexity index is 526. The molecule has 0 fully saturated rings. The van der Waals surface area contributed by atoms with Crippen LogP contribution >= 0.6 is 12.2 Å². The lowest BCUT2D eigenvalue weighted by atomic mass is 10.1. The van der Waals surface area contributed by atoms with Gasteiger partial charge in [0.15, 0.2) is 0 Å². The van der Waals surface area contributed by atoms with E-state index in [0.29, 0.717) is 4.77 Å². The molecular formula is C13H18N4S.